The number of aromatic nitrogens is 2. The van der Waals surface area contributed by atoms with Crippen molar-refractivity contribution in [3.8, 4) is 5.69 Å². The molecule has 2 aliphatic rings. The summed E-state index contributed by atoms with van der Waals surface area (Å²) in [5, 5.41) is 3.29. The molecular weight excluding hydrogens is 356 g/mol. The van der Waals surface area contributed by atoms with E-state index < -0.39 is 0 Å². The number of anilines is 1. The first-order chi connectivity index (χ1) is 13.6. The summed E-state index contributed by atoms with van der Waals surface area (Å²) in [4.78, 5) is 32.7. The summed E-state index contributed by atoms with van der Waals surface area (Å²) in [6, 6.07) is 9.73. The van der Waals surface area contributed by atoms with E-state index in [2.05, 4.69) is 15.2 Å². The number of nitrogens with zero attached hydrogens (tertiary/aromatic N) is 4. The number of rotatable bonds is 5. The van der Waals surface area contributed by atoms with Crippen LogP contribution in [0.4, 0.5) is 5.82 Å². The van der Waals surface area contributed by atoms with E-state index in [0.29, 0.717) is 25.9 Å². The number of benzene rings is 1. The third-order valence-corrected chi connectivity index (χ3v) is 5.33. The van der Waals surface area contributed by atoms with Crippen molar-refractivity contribution >= 4 is 11.7 Å². The van der Waals surface area contributed by atoms with Crippen LogP contribution in [0, 0.1) is 0 Å². The highest BCUT2D eigenvalue weighted by molar-refractivity contribution is 5.77. The molecule has 8 nitrogen and oxygen atoms in total. The Bertz CT molecular complexity index is 882. The van der Waals surface area contributed by atoms with Crippen molar-refractivity contribution in [2.45, 2.75) is 18.9 Å². The molecule has 0 saturated carbocycles. The fourth-order valence-electron chi connectivity index (χ4n) is 3.61. The van der Waals surface area contributed by atoms with E-state index >= 15 is 0 Å². The maximum atomic E-state index is 12.5. The molecule has 2 saturated heterocycles. The van der Waals surface area contributed by atoms with Gasteiger partial charge in [-0.1, -0.05) is 12.1 Å². The first-order valence-electron chi connectivity index (χ1n) is 9.78. The van der Waals surface area contributed by atoms with Gasteiger partial charge in [-0.25, -0.2) is 4.79 Å². The van der Waals surface area contributed by atoms with Gasteiger partial charge in [-0.05, 0) is 30.2 Å². The first kappa shape index (κ1) is 18.6. The molecule has 1 amide bonds. The van der Waals surface area contributed by atoms with Gasteiger partial charge in [0.15, 0.2) is 0 Å². The molecule has 148 valence electrons. The van der Waals surface area contributed by atoms with Gasteiger partial charge in [0, 0.05) is 57.9 Å². The van der Waals surface area contributed by atoms with Crippen LogP contribution in [0.25, 0.3) is 5.69 Å². The highest BCUT2D eigenvalue weighted by Gasteiger charge is 2.26. The van der Waals surface area contributed by atoms with Crippen LogP contribution in [0.3, 0.4) is 0 Å². The van der Waals surface area contributed by atoms with Crippen LogP contribution in [0.1, 0.15) is 12.0 Å². The minimum Gasteiger partial charge on any atom is -0.354 e. The Morgan fingerprint density at radius 2 is 1.86 bits per heavy atom. The van der Waals surface area contributed by atoms with Crippen LogP contribution >= 0.6 is 0 Å². The van der Waals surface area contributed by atoms with Crippen molar-refractivity contribution in [1.29, 1.82) is 0 Å². The number of carbonyl (C=O) groups is 1. The van der Waals surface area contributed by atoms with E-state index in [-0.39, 0.29) is 17.6 Å². The average Bonchev–Trinajstić information content (AvgIpc) is 2.71. The predicted octanol–water partition coefficient (Wildman–Crippen LogP) is -0.256. The molecule has 1 aromatic carbocycles. The molecule has 2 aliphatic heterocycles. The third kappa shape index (κ3) is 4.07. The normalized spacial score (nSPS) is 17.5. The molecule has 8 heteroatoms. The molecular formula is C20H26N6O2. The topological polar surface area (TPSA) is 96.5 Å². The summed E-state index contributed by atoms with van der Waals surface area (Å²) in [6.07, 6.45) is 2.94. The largest absolute Gasteiger partial charge is 0.354 e. The number of aryl methyl sites for hydroxylation is 1. The van der Waals surface area contributed by atoms with Crippen LogP contribution in [-0.4, -0.2) is 65.7 Å². The van der Waals surface area contributed by atoms with Gasteiger partial charge in [0.05, 0.1) is 5.69 Å². The molecule has 1 aromatic heterocycles. The second kappa shape index (κ2) is 8.12. The van der Waals surface area contributed by atoms with Gasteiger partial charge in [0.2, 0.25) is 5.91 Å². The number of nitrogens with one attached hydrogen (secondary N) is 1. The molecule has 0 unspecified atom stereocenters. The zero-order valence-electron chi connectivity index (χ0n) is 15.9. The van der Waals surface area contributed by atoms with Crippen molar-refractivity contribution in [3.05, 3.63) is 52.6 Å². The SMILES string of the molecule is NC1CN(C(=O)CCc2ccc(-n3ccc(N4CCNCC4)nc3=O)cc2)C1. The van der Waals surface area contributed by atoms with E-state index in [1.165, 1.54) is 0 Å². The molecule has 2 aromatic rings. The van der Waals surface area contributed by atoms with Crippen molar-refractivity contribution in [2.24, 2.45) is 5.73 Å². The van der Waals surface area contributed by atoms with Crippen LogP contribution in [-0.2, 0) is 11.2 Å². The fourth-order valence-corrected chi connectivity index (χ4v) is 3.61. The lowest BCUT2D eigenvalue weighted by molar-refractivity contribution is -0.135. The summed E-state index contributed by atoms with van der Waals surface area (Å²) < 4.78 is 1.54. The molecule has 3 heterocycles. The zero-order valence-corrected chi connectivity index (χ0v) is 15.9. The number of nitrogens with two attached hydrogens (primary N) is 1. The Kier molecular flexibility index (Phi) is 5.40. The molecule has 28 heavy (non-hydrogen) atoms. The van der Waals surface area contributed by atoms with E-state index in [1.807, 2.05) is 30.3 Å². The van der Waals surface area contributed by atoms with Gasteiger partial charge in [0.1, 0.15) is 5.82 Å². The number of amides is 1. The quantitative estimate of drug-likeness (QED) is 0.740. The van der Waals surface area contributed by atoms with Gasteiger partial charge < -0.3 is 20.9 Å². The lowest BCUT2D eigenvalue weighted by atomic mass is 10.1. The smallest absolute Gasteiger partial charge is 0.354 e. The molecule has 0 bridgehead atoms. The number of hydrogen-bond donors (Lipinski definition) is 2. The second-order valence-electron chi connectivity index (χ2n) is 7.40. The van der Waals surface area contributed by atoms with Gasteiger partial charge >= 0.3 is 5.69 Å². The highest BCUT2D eigenvalue weighted by Crippen LogP contribution is 2.14. The Morgan fingerprint density at radius 3 is 2.50 bits per heavy atom. The van der Waals surface area contributed by atoms with Gasteiger partial charge in [-0.2, -0.15) is 4.98 Å². The Balaban J connectivity index is 1.39. The van der Waals surface area contributed by atoms with E-state index in [0.717, 1.165) is 43.2 Å². The van der Waals surface area contributed by atoms with Crippen molar-refractivity contribution in [3.63, 3.8) is 0 Å². The summed E-state index contributed by atoms with van der Waals surface area (Å²) >= 11 is 0. The lowest BCUT2D eigenvalue weighted by Crippen LogP contribution is -2.57. The zero-order chi connectivity index (χ0) is 19.5. The van der Waals surface area contributed by atoms with E-state index in [1.54, 1.807) is 15.7 Å². The number of hydrogen-bond acceptors (Lipinski definition) is 6. The Labute approximate surface area is 164 Å². The van der Waals surface area contributed by atoms with Crippen LogP contribution < -0.4 is 21.6 Å². The number of piperazine rings is 1. The molecule has 0 radical (unpaired) electrons. The maximum absolute atomic E-state index is 12.5. The molecule has 0 atom stereocenters. The molecule has 4 rings (SSSR count). The maximum Gasteiger partial charge on any atom is 0.354 e. The van der Waals surface area contributed by atoms with Gasteiger partial charge in [-0.3, -0.25) is 9.36 Å². The third-order valence-electron chi connectivity index (χ3n) is 5.33. The second-order valence-corrected chi connectivity index (χ2v) is 7.40. The van der Waals surface area contributed by atoms with Gasteiger partial charge in [-0.15, -0.1) is 0 Å². The van der Waals surface area contributed by atoms with Crippen molar-refractivity contribution in [1.82, 2.24) is 19.8 Å². The molecule has 2 fully saturated rings. The predicted molar refractivity (Wildman–Crippen MR) is 108 cm³/mol. The molecule has 0 spiro atoms. The summed E-state index contributed by atoms with van der Waals surface area (Å²) in [5.41, 5.74) is 7.27. The van der Waals surface area contributed by atoms with Crippen molar-refractivity contribution in [2.75, 3.05) is 44.2 Å². The average molecular weight is 382 g/mol. The minimum atomic E-state index is -0.284. The minimum absolute atomic E-state index is 0.133. The first-order valence-corrected chi connectivity index (χ1v) is 9.78. The molecule has 0 aliphatic carbocycles. The van der Waals surface area contributed by atoms with E-state index in [4.69, 9.17) is 5.73 Å². The fraction of sp³-hybridized carbons (Fsp3) is 0.450. The molecule has 3 N–H and O–H groups in total. The number of likely N-dealkylation sites (tertiary alicyclic amines) is 1. The monoisotopic (exact) mass is 382 g/mol. The van der Waals surface area contributed by atoms with Gasteiger partial charge in [0.25, 0.3) is 0 Å². The van der Waals surface area contributed by atoms with Crippen molar-refractivity contribution < 1.29 is 4.79 Å². The van der Waals surface area contributed by atoms with Crippen LogP contribution in [0.2, 0.25) is 0 Å². The standard InChI is InChI=1S/C20H26N6O2/c21-16-13-25(14-16)19(27)6-3-15-1-4-17(5-2-15)26-10-7-18(23-20(26)28)24-11-8-22-9-12-24/h1-2,4-5,7,10,16,22H,3,6,8-9,11-14,21H2. The summed E-state index contributed by atoms with van der Waals surface area (Å²) in [6.45, 7) is 4.84. The summed E-state index contributed by atoms with van der Waals surface area (Å²) in [7, 11) is 0. The lowest BCUT2D eigenvalue weighted by Gasteiger charge is -2.36. The van der Waals surface area contributed by atoms with E-state index in [9.17, 15) is 9.59 Å². The summed E-state index contributed by atoms with van der Waals surface area (Å²) in [5.74, 6) is 0.873. The van der Waals surface area contributed by atoms with Crippen LogP contribution in [0.15, 0.2) is 41.3 Å². The Morgan fingerprint density at radius 1 is 1.14 bits per heavy atom. The Hall–Kier alpha value is -2.71. The van der Waals surface area contributed by atoms with Crippen LogP contribution in [0.5, 0.6) is 0 Å². The highest BCUT2D eigenvalue weighted by atomic mass is 16.2. The number of carbonyl (C=O) groups excluding carboxylic acids is 1.